The van der Waals surface area contributed by atoms with Crippen LogP contribution in [0.15, 0.2) is 0 Å². The van der Waals surface area contributed by atoms with Gasteiger partial charge in [0.05, 0.1) is 20.9 Å². The maximum Gasteiger partial charge on any atom is 0.0804 e. The van der Waals surface area contributed by atoms with Gasteiger partial charge >= 0.3 is 0 Å². The lowest BCUT2D eigenvalue weighted by molar-refractivity contribution is 0.0328. The van der Waals surface area contributed by atoms with Crippen LogP contribution in [0.25, 0.3) is 0 Å². The van der Waals surface area contributed by atoms with Crippen molar-refractivity contribution in [2.75, 3.05) is 6.61 Å². The summed E-state index contributed by atoms with van der Waals surface area (Å²) in [5, 5.41) is 0. The minimum atomic E-state index is -0.0826. The minimum absolute atomic E-state index is 0.0826. The van der Waals surface area contributed by atoms with Gasteiger partial charge in [-0.3, -0.25) is 4.18 Å². The predicted octanol–water partition coefficient (Wildman–Crippen LogP) is 3.59. The van der Waals surface area contributed by atoms with Crippen LogP contribution in [0.4, 0.5) is 0 Å². The number of hydrogen-bond acceptors (Lipinski definition) is 3. The van der Waals surface area contributed by atoms with Crippen molar-refractivity contribution in [3.63, 3.8) is 0 Å². The van der Waals surface area contributed by atoms with Crippen LogP contribution in [0.5, 0.6) is 0 Å². The molecule has 74 valence electrons. The number of ether oxygens (including phenoxy) is 1. The fourth-order valence-electron chi connectivity index (χ4n) is 0.667. The molecule has 0 saturated heterocycles. The van der Waals surface area contributed by atoms with E-state index in [4.69, 9.17) is 8.92 Å². The second kappa shape index (κ2) is 6.45. The third kappa shape index (κ3) is 7.64. The molecule has 0 N–H and O–H groups in total. The molecule has 0 aliphatic carbocycles. The Morgan fingerprint density at radius 2 is 2.00 bits per heavy atom. The smallest absolute Gasteiger partial charge is 0.0804 e. The van der Waals surface area contributed by atoms with E-state index >= 15 is 0 Å². The van der Waals surface area contributed by atoms with E-state index in [2.05, 4.69) is 35.1 Å². The highest BCUT2D eigenvalue weighted by Gasteiger charge is 2.18. The Morgan fingerprint density at radius 3 is 2.42 bits per heavy atom. The molecule has 12 heavy (non-hydrogen) atoms. The van der Waals surface area contributed by atoms with E-state index in [0.717, 1.165) is 13.0 Å². The summed E-state index contributed by atoms with van der Waals surface area (Å²) in [6, 6.07) is 0. The summed E-state index contributed by atoms with van der Waals surface area (Å²) in [7, 11) is 1.38. The van der Waals surface area contributed by atoms with Gasteiger partial charge < -0.3 is 4.74 Å². The normalized spacial score (nSPS) is 12.5. The first-order valence-electron chi connectivity index (χ1n) is 4.06. The molecule has 0 radical (unpaired) electrons. The molecule has 0 spiro atoms. The van der Waals surface area contributed by atoms with E-state index in [-0.39, 0.29) is 5.60 Å². The molecule has 0 heterocycles. The first kappa shape index (κ1) is 13.0. The van der Waals surface area contributed by atoms with Crippen molar-refractivity contribution in [3.8, 4) is 0 Å². The molecule has 0 aliphatic rings. The largest absolute Gasteiger partial charge is 0.379 e. The van der Waals surface area contributed by atoms with Crippen molar-refractivity contribution in [1.82, 2.24) is 0 Å². The molecule has 2 nitrogen and oxygen atoms in total. The SMILES string of the molecule is CC(C)OCCC(C)(C)OSI. The molecule has 0 fully saturated rings. The lowest BCUT2D eigenvalue weighted by atomic mass is 10.1. The third-order valence-electron chi connectivity index (χ3n) is 1.41. The second-order valence-electron chi connectivity index (χ2n) is 3.58. The summed E-state index contributed by atoms with van der Waals surface area (Å²) in [5.41, 5.74) is -0.0826. The Kier molecular flexibility index (Phi) is 6.99. The van der Waals surface area contributed by atoms with Crippen LogP contribution in [0.2, 0.25) is 0 Å². The van der Waals surface area contributed by atoms with Gasteiger partial charge in [-0.05, 0) is 27.7 Å². The Balaban J connectivity index is 3.46. The van der Waals surface area contributed by atoms with Crippen LogP contribution in [0.1, 0.15) is 34.1 Å². The van der Waals surface area contributed by atoms with E-state index in [1.165, 1.54) is 9.21 Å². The number of hydrogen-bond donors (Lipinski definition) is 0. The summed E-state index contributed by atoms with van der Waals surface area (Å²) in [6.07, 6.45) is 1.24. The second-order valence-corrected chi connectivity index (χ2v) is 4.95. The van der Waals surface area contributed by atoms with E-state index < -0.39 is 0 Å². The fraction of sp³-hybridized carbons (Fsp3) is 1.00. The fourth-order valence-corrected chi connectivity index (χ4v) is 2.38. The predicted molar refractivity (Wildman–Crippen MR) is 62.5 cm³/mol. The van der Waals surface area contributed by atoms with Gasteiger partial charge in [-0.25, -0.2) is 0 Å². The maximum atomic E-state index is 5.43. The molecule has 0 atom stereocenters. The Morgan fingerprint density at radius 1 is 1.42 bits per heavy atom. The van der Waals surface area contributed by atoms with Gasteiger partial charge in [-0.15, -0.1) is 0 Å². The van der Waals surface area contributed by atoms with Crippen LogP contribution in [0, 0.1) is 0 Å². The van der Waals surface area contributed by atoms with Crippen LogP contribution in [-0.4, -0.2) is 18.3 Å². The molecule has 0 amide bonds. The summed E-state index contributed by atoms with van der Waals surface area (Å²) < 4.78 is 10.9. The molecule has 0 rings (SSSR count). The molecule has 0 saturated carbocycles. The van der Waals surface area contributed by atoms with Gasteiger partial charge in [0.25, 0.3) is 0 Å². The zero-order valence-corrected chi connectivity index (χ0v) is 11.1. The minimum Gasteiger partial charge on any atom is -0.379 e. The number of halogens is 1. The van der Waals surface area contributed by atoms with E-state index in [9.17, 15) is 0 Å². The highest BCUT2D eigenvalue weighted by Crippen LogP contribution is 2.25. The van der Waals surface area contributed by atoms with E-state index in [1.807, 2.05) is 13.8 Å². The van der Waals surface area contributed by atoms with Gasteiger partial charge in [0.2, 0.25) is 0 Å². The summed E-state index contributed by atoms with van der Waals surface area (Å²) in [5.74, 6) is 0. The Bertz CT molecular complexity index is 118. The van der Waals surface area contributed by atoms with Crippen LogP contribution < -0.4 is 0 Å². The van der Waals surface area contributed by atoms with Crippen LogP contribution in [-0.2, 0) is 8.92 Å². The van der Waals surface area contributed by atoms with E-state index in [0.29, 0.717) is 6.10 Å². The zero-order chi connectivity index (χ0) is 9.61. The Hall–Kier alpha value is 1.00. The van der Waals surface area contributed by atoms with Crippen molar-refractivity contribution in [2.45, 2.75) is 45.8 Å². The highest BCUT2D eigenvalue weighted by atomic mass is 127. The summed E-state index contributed by atoms with van der Waals surface area (Å²) >= 11 is 2.13. The molecule has 0 unspecified atom stereocenters. The van der Waals surface area contributed by atoms with Crippen molar-refractivity contribution in [1.29, 1.82) is 0 Å². The molecule has 0 aromatic carbocycles. The first-order valence-corrected chi connectivity index (χ1v) is 7.34. The standard InChI is InChI=1S/C8H17IO2S/c1-7(2)10-6-5-8(3,4)11-12-9/h7H,5-6H2,1-4H3. The molecule has 0 aromatic rings. The first-order chi connectivity index (χ1) is 5.48. The van der Waals surface area contributed by atoms with Gasteiger partial charge in [0.15, 0.2) is 0 Å². The molecule has 0 bridgehead atoms. The zero-order valence-electron chi connectivity index (χ0n) is 8.09. The van der Waals surface area contributed by atoms with Crippen molar-refractivity contribution >= 4 is 30.4 Å². The lowest BCUT2D eigenvalue weighted by Gasteiger charge is -2.22. The number of rotatable bonds is 6. The third-order valence-corrected chi connectivity index (χ3v) is 2.47. The topological polar surface area (TPSA) is 18.5 Å². The maximum absolute atomic E-state index is 5.43. The van der Waals surface area contributed by atoms with Crippen LogP contribution in [0.3, 0.4) is 0 Å². The van der Waals surface area contributed by atoms with Gasteiger partial charge in [-0.2, -0.15) is 0 Å². The lowest BCUT2D eigenvalue weighted by Crippen LogP contribution is -2.23. The molecule has 0 aromatic heterocycles. The highest BCUT2D eigenvalue weighted by molar-refractivity contribution is 14.2. The van der Waals surface area contributed by atoms with Gasteiger partial charge in [0, 0.05) is 34.2 Å². The van der Waals surface area contributed by atoms with Crippen molar-refractivity contribution in [3.05, 3.63) is 0 Å². The average Bonchev–Trinajstić information content (AvgIpc) is 1.85. The van der Waals surface area contributed by atoms with Gasteiger partial charge in [0.1, 0.15) is 0 Å². The Labute approximate surface area is 91.6 Å². The molecule has 4 heteroatoms. The quantitative estimate of drug-likeness (QED) is 0.552. The summed E-state index contributed by atoms with van der Waals surface area (Å²) in [4.78, 5) is 0. The average molecular weight is 304 g/mol. The van der Waals surface area contributed by atoms with Crippen molar-refractivity contribution in [2.24, 2.45) is 0 Å². The molecular weight excluding hydrogens is 287 g/mol. The van der Waals surface area contributed by atoms with E-state index in [1.54, 1.807) is 0 Å². The monoisotopic (exact) mass is 304 g/mol. The molecule has 0 aliphatic heterocycles. The van der Waals surface area contributed by atoms with Crippen molar-refractivity contribution < 1.29 is 8.92 Å². The molecular formula is C8H17IO2S. The van der Waals surface area contributed by atoms with Gasteiger partial charge in [-0.1, -0.05) is 0 Å². The summed E-state index contributed by atoms with van der Waals surface area (Å²) in [6.45, 7) is 8.99. The van der Waals surface area contributed by atoms with Crippen LogP contribution >= 0.6 is 30.4 Å².